The molecule has 0 bridgehead atoms. The van der Waals surface area contributed by atoms with Crippen LogP contribution in [0.5, 0.6) is 0 Å². The number of hydrogen-bond donors (Lipinski definition) is 1. The summed E-state index contributed by atoms with van der Waals surface area (Å²) in [6.07, 6.45) is 1.75. The van der Waals surface area contributed by atoms with Gasteiger partial charge in [0.05, 0.1) is 11.4 Å². The van der Waals surface area contributed by atoms with E-state index in [9.17, 15) is 4.79 Å². The molecule has 0 spiro atoms. The van der Waals surface area contributed by atoms with Crippen molar-refractivity contribution < 1.29 is 4.79 Å². The molecular formula is C13H23N5O. The fourth-order valence-electron chi connectivity index (χ4n) is 2.51. The molecule has 0 saturated carbocycles. The lowest BCUT2D eigenvalue weighted by atomic mass is 10.2. The third-order valence-corrected chi connectivity index (χ3v) is 3.70. The van der Waals surface area contributed by atoms with Crippen molar-refractivity contribution >= 4 is 11.6 Å². The van der Waals surface area contributed by atoms with Crippen LogP contribution in [0.3, 0.4) is 0 Å². The Hall–Kier alpha value is -1.56. The molecule has 0 aromatic carbocycles. The summed E-state index contributed by atoms with van der Waals surface area (Å²) in [5.74, 6) is 0.00231. The van der Waals surface area contributed by atoms with Crippen molar-refractivity contribution in [1.82, 2.24) is 19.6 Å². The fraction of sp³-hybridized carbons (Fsp3) is 0.692. The second kappa shape index (κ2) is 5.61. The summed E-state index contributed by atoms with van der Waals surface area (Å²) in [6, 6.07) is 0. The van der Waals surface area contributed by atoms with E-state index >= 15 is 0 Å². The van der Waals surface area contributed by atoms with Crippen molar-refractivity contribution in [3.63, 3.8) is 0 Å². The number of amides is 1. The van der Waals surface area contributed by atoms with E-state index in [1.54, 1.807) is 11.7 Å². The molecule has 1 aliphatic rings. The summed E-state index contributed by atoms with van der Waals surface area (Å²) in [6.45, 7) is 5.47. The predicted molar refractivity (Wildman–Crippen MR) is 75.0 cm³/mol. The molecule has 1 amide bonds. The summed E-state index contributed by atoms with van der Waals surface area (Å²) >= 11 is 0. The van der Waals surface area contributed by atoms with Gasteiger partial charge in [-0.15, -0.1) is 0 Å². The Morgan fingerprint density at radius 2 is 2.00 bits per heavy atom. The van der Waals surface area contributed by atoms with Crippen LogP contribution in [0.2, 0.25) is 0 Å². The van der Waals surface area contributed by atoms with E-state index in [4.69, 9.17) is 5.73 Å². The van der Waals surface area contributed by atoms with Gasteiger partial charge in [-0.05, 0) is 26.4 Å². The number of nitrogen functional groups attached to an aromatic ring is 1. The van der Waals surface area contributed by atoms with Gasteiger partial charge < -0.3 is 15.5 Å². The van der Waals surface area contributed by atoms with Crippen molar-refractivity contribution in [3.05, 3.63) is 11.4 Å². The van der Waals surface area contributed by atoms with Crippen molar-refractivity contribution in [2.45, 2.75) is 19.8 Å². The maximum Gasteiger partial charge on any atom is 0.274 e. The summed E-state index contributed by atoms with van der Waals surface area (Å²) in [4.78, 5) is 16.7. The molecule has 0 aliphatic carbocycles. The van der Waals surface area contributed by atoms with Crippen molar-refractivity contribution in [3.8, 4) is 0 Å². The minimum absolute atomic E-state index is 0.00231. The van der Waals surface area contributed by atoms with E-state index < -0.39 is 0 Å². The number of likely N-dealkylation sites (N-methyl/N-ethyl adjacent to an activating group) is 1. The Labute approximate surface area is 114 Å². The van der Waals surface area contributed by atoms with Crippen molar-refractivity contribution in [1.29, 1.82) is 0 Å². The zero-order chi connectivity index (χ0) is 14.0. The SMILES string of the molecule is CCc1nn(C)c(C(=O)N2CCCN(C)CC2)c1N. The number of rotatable bonds is 2. The van der Waals surface area contributed by atoms with Gasteiger partial charge >= 0.3 is 0 Å². The minimum Gasteiger partial charge on any atom is -0.395 e. The van der Waals surface area contributed by atoms with Crippen LogP contribution in [0.4, 0.5) is 5.69 Å². The molecule has 2 heterocycles. The number of aromatic nitrogens is 2. The molecule has 0 radical (unpaired) electrons. The summed E-state index contributed by atoms with van der Waals surface area (Å²) in [7, 11) is 3.87. The van der Waals surface area contributed by atoms with Crippen molar-refractivity contribution in [2.24, 2.45) is 7.05 Å². The fourth-order valence-corrected chi connectivity index (χ4v) is 2.51. The molecule has 6 heteroatoms. The predicted octanol–water partition coefficient (Wildman–Crippen LogP) is 0.342. The lowest BCUT2D eigenvalue weighted by Crippen LogP contribution is -2.35. The van der Waals surface area contributed by atoms with E-state index in [1.807, 2.05) is 11.8 Å². The molecule has 19 heavy (non-hydrogen) atoms. The topological polar surface area (TPSA) is 67.4 Å². The third kappa shape index (κ3) is 2.73. The van der Waals surface area contributed by atoms with Gasteiger partial charge in [-0.2, -0.15) is 5.10 Å². The molecular weight excluding hydrogens is 242 g/mol. The highest BCUT2D eigenvalue weighted by molar-refractivity contribution is 5.98. The van der Waals surface area contributed by atoms with Crippen LogP contribution in [-0.2, 0) is 13.5 Å². The zero-order valence-corrected chi connectivity index (χ0v) is 12.0. The molecule has 1 saturated heterocycles. The summed E-state index contributed by atoms with van der Waals surface area (Å²) < 4.78 is 1.62. The maximum atomic E-state index is 12.6. The molecule has 106 valence electrons. The van der Waals surface area contributed by atoms with Crippen LogP contribution in [0.1, 0.15) is 29.5 Å². The first kappa shape index (κ1) is 13.9. The molecule has 0 atom stereocenters. The van der Waals surface area contributed by atoms with Crippen LogP contribution in [0, 0.1) is 0 Å². The smallest absolute Gasteiger partial charge is 0.274 e. The first-order valence-electron chi connectivity index (χ1n) is 6.83. The normalized spacial score (nSPS) is 17.5. The van der Waals surface area contributed by atoms with Gasteiger partial charge in [0.25, 0.3) is 5.91 Å². The van der Waals surface area contributed by atoms with Crippen LogP contribution < -0.4 is 5.73 Å². The molecule has 1 aromatic heterocycles. The van der Waals surface area contributed by atoms with Gasteiger partial charge in [0.1, 0.15) is 5.69 Å². The van der Waals surface area contributed by atoms with Crippen LogP contribution >= 0.6 is 0 Å². The minimum atomic E-state index is 0.00231. The Bertz CT molecular complexity index is 468. The molecule has 6 nitrogen and oxygen atoms in total. The summed E-state index contributed by atoms with van der Waals surface area (Å²) in [5, 5.41) is 4.32. The largest absolute Gasteiger partial charge is 0.395 e. The van der Waals surface area contributed by atoms with E-state index in [0.29, 0.717) is 11.4 Å². The highest BCUT2D eigenvalue weighted by atomic mass is 16.2. The number of hydrogen-bond acceptors (Lipinski definition) is 4. The standard InChI is InChI=1S/C13H23N5O/c1-4-10-11(14)12(17(3)15-10)13(19)18-7-5-6-16(2)8-9-18/h4-9,14H2,1-3H3. The lowest BCUT2D eigenvalue weighted by molar-refractivity contribution is 0.0753. The molecule has 1 aromatic rings. The van der Waals surface area contributed by atoms with Gasteiger partial charge in [-0.25, -0.2) is 0 Å². The van der Waals surface area contributed by atoms with E-state index in [2.05, 4.69) is 17.0 Å². The molecule has 1 fully saturated rings. The van der Waals surface area contributed by atoms with Crippen LogP contribution in [0.25, 0.3) is 0 Å². The van der Waals surface area contributed by atoms with E-state index in [0.717, 1.165) is 44.7 Å². The quantitative estimate of drug-likeness (QED) is 0.837. The molecule has 1 aliphatic heterocycles. The first-order valence-corrected chi connectivity index (χ1v) is 6.83. The van der Waals surface area contributed by atoms with E-state index in [-0.39, 0.29) is 5.91 Å². The zero-order valence-electron chi connectivity index (χ0n) is 12.0. The van der Waals surface area contributed by atoms with E-state index in [1.165, 1.54) is 0 Å². The Kier molecular flexibility index (Phi) is 4.09. The Balaban J connectivity index is 2.21. The molecule has 0 unspecified atom stereocenters. The average molecular weight is 265 g/mol. The lowest BCUT2D eigenvalue weighted by Gasteiger charge is -2.20. The number of aryl methyl sites for hydroxylation is 2. The van der Waals surface area contributed by atoms with Crippen LogP contribution in [0.15, 0.2) is 0 Å². The monoisotopic (exact) mass is 265 g/mol. The molecule has 2 rings (SSSR count). The highest BCUT2D eigenvalue weighted by Gasteiger charge is 2.25. The summed E-state index contributed by atoms with van der Waals surface area (Å²) in [5.41, 5.74) is 7.91. The number of nitrogens with two attached hydrogens (primary N) is 1. The third-order valence-electron chi connectivity index (χ3n) is 3.70. The second-order valence-electron chi connectivity index (χ2n) is 5.14. The van der Waals surface area contributed by atoms with Gasteiger partial charge in [0.2, 0.25) is 0 Å². The van der Waals surface area contributed by atoms with Crippen molar-refractivity contribution in [2.75, 3.05) is 39.0 Å². The van der Waals surface area contributed by atoms with Gasteiger partial charge in [-0.3, -0.25) is 9.48 Å². The Morgan fingerprint density at radius 3 is 2.63 bits per heavy atom. The Morgan fingerprint density at radius 1 is 1.26 bits per heavy atom. The second-order valence-corrected chi connectivity index (χ2v) is 5.14. The average Bonchev–Trinajstić information content (AvgIpc) is 2.54. The number of carbonyl (C=O) groups excluding carboxylic acids is 1. The first-order chi connectivity index (χ1) is 9.04. The number of carbonyl (C=O) groups is 1. The maximum absolute atomic E-state index is 12.6. The highest BCUT2D eigenvalue weighted by Crippen LogP contribution is 2.19. The van der Waals surface area contributed by atoms with Crippen LogP contribution in [-0.4, -0.2) is 58.7 Å². The van der Waals surface area contributed by atoms with Gasteiger partial charge in [-0.1, -0.05) is 6.92 Å². The van der Waals surface area contributed by atoms with Gasteiger partial charge in [0, 0.05) is 26.7 Å². The molecule has 2 N–H and O–H groups in total. The number of anilines is 1. The van der Waals surface area contributed by atoms with Gasteiger partial charge in [0.15, 0.2) is 0 Å². The number of nitrogens with zero attached hydrogens (tertiary/aromatic N) is 4.